The van der Waals surface area contributed by atoms with E-state index in [4.69, 9.17) is 11.6 Å². The zero-order valence-electron chi connectivity index (χ0n) is 12.9. The molecule has 1 amide bonds. The third kappa shape index (κ3) is 3.67. The lowest BCUT2D eigenvalue weighted by Gasteiger charge is -2.22. The monoisotopic (exact) mass is 329 g/mol. The molecule has 120 valence electrons. The van der Waals surface area contributed by atoms with Crippen LogP contribution in [-0.4, -0.2) is 29.0 Å². The molecule has 1 aliphatic rings. The second kappa shape index (κ2) is 7.05. The van der Waals surface area contributed by atoms with Gasteiger partial charge in [-0.2, -0.15) is 0 Å². The smallest absolute Gasteiger partial charge is 0.223 e. The minimum absolute atomic E-state index is 0.149. The maximum Gasteiger partial charge on any atom is 0.223 e. The molecule has 0 aromatic heterocycles. The molecule has 23 heavy (non-hydrogen) atoms. The van der Waals surface area contributed by atoms with Crippen LogP contribution in [-0.2, 0) is 4.79 Å². The molecule has 1 fully saturated rings. The summed E-state index contributed by atoms with van der Waals surface area (Å²) in [5.74, 6) is 0.202. The fourth-order valence-electron chi connectivity index (χ4n) is 3.18. The van der Waals surface area contributed by atoms with Gasteiger partial charge in [-0.15, -0.1) is 0 Å². The van der Waals surface area contributed by atoms with E-state index in [9.17, 15) is 9.90 Å². The average molecular weight is 330 g/mol. The lowest BCUT2D eigenvalue weighted by molar-refractivity contribution is -0.130. The summed E-state index contributed by atoms with van der Waals surface area (Å²) >= 11 is 6.36. The van der Waals surface area contributed by atoms with Crippen LogP contribution in [0.3, 0.4) is 0 Å². The Morgan fingerprint density at radius 2 is 1.87 bits per heavy atom. The van der Waals surface area contributed by atoms with Crippen molar-refractivity contribution in [1.29, 1.82) is 0 Å². The third-order valence-corrected chi connectivity index (χ3v) is 4.73. The molecule has 2 aromatic carbocycles. The van der Waals surface area contributed by atoms with Crippen molar-refractivity contribution in [2.24, 2.45) is 0 Å². The number of phenols is 1. The van der Waals surface area contributed by atoms with Crippen molar-refractivity contribution in [1.82, 2.24) is 4.90 Å². The summed E-state index contributed by atoms with van der Waals surface area (Å²) in [6, 6.07) is 14.7. The van der Waals surface area contributed by atoms with Crippen molar-refractivity contribution in [3.05, 3.63) is 64.7 Å². The SMILES string of the molecule is O=C(CC(c1cccc(O)c1)c1ccccc1Cl)N1CCCC1. The van der Waals surface area contributed by atoms with Crippen LogP contribution in [0.2, 0.25) is 5.02 Å². The van der Waals surface area contributed by atoms with Gasteiger partial charge in [0.05, 0.1) is 0 Å². The summed E-state index contributed by atoms with van der Waals surface area (Å²) in [5, 5.41) is 10.4. The Hall–Kier alpha value is -2.00. The fraction of sp³-hybridized carbons (Fsp3) is 0.316. The first kappa shape index (κ1) is 15.9. The first-order valence-electron chi connectivity index (χ1n) is 7.96. The van der Waals surface area contributed by atoms with Crippen LogP contribution in [0.4, 0.5) is 0 Å². The second-order valence-corrected chi connectivity index (χ2v) is 6.37. The van der Waals surface area contributed by atoms with E-state index < -0.39 is 0 Å². The van der Waals surface area contributed by atoms with E-state index in [1.807, 2.05) is 35.2 Å². The molecule has 1 saturated heterocycles. The molecule has 4 heteroatoms. The Bertz CT molecular complexity index is 695. The van der Waals surface area contributed by atoms with Crippen molar-refractivity contribution in [3.8, 4) is 5.75 Å². The number of amides is 1. The predicted octanol–water partition coefficient (Wildman–Crippen LogP) is 4.19. The molecule has 3 rings (SSSR count). The number of hydrogen-bond donors (Lipinski definition) is 1. The van der Waals surface area contributed by atoms with Crippen molar-refractivity contribution in [2.75, 3.05) is 13.1 Å². The van der Waals surface area contributed by atoms with Crippen LogP contribution in [0.5, 0.6) is 5.75 Å². The summed E-state index contributed by atoms with van der Waals surface area (Å²) in [6.45, 7) is 1.68. The molecule has 1 N–H and O–H groups in total. The minimum atomic E-state index is -0.149. The number of phenolic OH excluding ortho intramolecular Hbond substituents is 1. The van der Waals surface area contributed by atoms with Crippen molar-refractivity contribution in [2.45, 2.75) is 25.2 Å². The van der Waals surface area contributed by atoms with Gasteiger partial charge in [-0.25, -0.2) is 0 Å². The number of carbonyl (C=O) groups excluding carboxylic acids is 1. The van der Waals surface area contributed by atoms with Crippen LogP contribution in [0.25, 0.3) is 0 Å². The number of likely N-dealkylation sites (tertiary alicyclic amines) is 1. The first-order valence-corrected chi connectivity index (χ1v) is 8.34. The Morgan fingerprint density at radius 1 is 1.13 bits per heavy atom. The zero-order valence-corrected chi connectivity index (χ0v) is 13.7. The van der Waals surface area contributed by atoms with Gasteiger partial charge in [0.1, 0.15) is 5.75 Å². The number of benzene rings is 2. The highest BCUT2D eigenvalue weighted by atomic mass is 35.5. The van der Waals surface area contributed by atoms with Gasteiger partial charge >= 0.3 is 0 Å². The van der Waals surface area contributed by atoms with E-state index in [-0.39, 0.29) is 17.6 Å². The summed E-state index contributed by atoms with van der Waals surface area (Å²) in [5.41, 5.74) is 1.83. The van der Waals surface area contributed by atoms with Crippen LogP contribution < -0.4 is 0 Å². The molecule has 0 saturated carbocycles. The summed E-state index contributed by atoms with van der Waals surface area (Å²) in [6.07, 6.45) is 2.52. The predicted molar refractivity (Wildman–Crippen MR) is 91.8 cm³/mol. The number of rotatable bonds is 4. The number of hydrogen-bond acceptors (Lipinski definition) is 2. The van der Waals surface area contributed by atoms with Crippen LogP contribution in [0.1, 0.15) is 36.3 Å². The molecular formula is C19H20ClNO2. The maximum atomic E-state index is 12.6. The highest BCUT2D eigenvalue weighted by molar-refractivity contribution is 6.31. The van der Waals surface area contributed by atoms with E-state index in [2.05, 4.69) is 0 Å². The first-order chi connectivity index (χ1) is 11.1. The highest BCUT2D eigenvalue weighted by Crippen LogP contribution is 2.34. The average Bonchev–Trinajstić information content (AvgIpc) is 3.08. The van der Waals surface area contributed by atoms with Gasteiger partial charge < -0.3 is 10.0 Å². The second-order valence-electron chi connectivity index (χ2n) is 5.96. The van der Waals surface area contributed by atoms with Gasteiger partial charge in [-0.05, 0) is 42.2 Å². The van der Waals surface area contributed by atoms with Gasteiger partial charge in [-0.1, -0.05) is 41.9 Å². The van der Waals surface area contributed by atoms with Gasteiger partial charge in [0.25, 0.3) is 0 Å². The van der Waals surface area contributed by atoms with Gasteiger partial charge in [0.15, 0.2) is 0 Å². The molecule has 2 aromatic rings. The lowest BCUT2D eigenvalue weighted by atomic mass is 9.88. The largest absolute Gasteiger partial charge is 0.508 e. The number of nitrogens with zero attached hydrogens (tertiary/aromatic N) is 1. The topological polar surface area (TPSA) is 40.5 Å². The Kier molecular flexibility index (Phi) is 4.87. The molecule has 0 aliphatic carbocycles. The standard InChI is InChI=1S/C19H20ClNO2/c20-18-9-2-1-8-16(18)17(14-6-5-7-15(22)12-14)13-19(23)21-10-3-4-11-21/h1-2,5-9,12,17,22H,3-4,10-11,13H2. The van der Waals surface area contributed by atoms with E-state index in [1.165, 1.54) is 0 Å². The summed E-state index contributed by atoms with van der Waals surface area (Å²) in [7, 11) is 0. The van der Waals surface area contributed by atoms with Crippen LogP contribution in [0.15, 0.2) is 48.5 Å². The molecule has 0 radical (unpaired) electrons. The number of aromatic hydroxyl groups is 1. The third-order valence-electron chi connectivity index (χ3n) is 4.39. The van der Waals surface area contributed by atoms with Gasteiger partial charge in [0, 0.05) is 30.5 Å². The normalized spacial score (nSPS) is 15.6. The maximum absolute atomic E-state index is 12.6. The minimum Gasteiger partial charge on any atom is -0.508 e. The Morgan fingerprint density at radius 3 is 2.57 bits per heavy atom. The molecule has 1 heterocycles. The van der Waals surface area contributed by atoms with Crippen molar-refractivity contribution < 1.29 is 9.90 Å². The number of halogens is 1. The van der Waals surface area contributed by atoms with E-state index in [0.29, 0.717) is 11.4 Å². The molecule has 1 unspecified atom stereocenters. The van der Waals surface area contributed by atoms with Crippen molar-refractivity contribution >= 4 is 17.5 Å². The molecule has 1 atom stereocenters. The van der Waals surface area contributed by atoms with E-state index in [1.54, 1.807) is 18.2 Å². The highest BCUT2D eigenvalue weighted by Gasteiger charge is 2.25. The van der Waals surface area contributed by atoms with Crippen LogP contribution >= 0.6 is 11.6 Å². The summed E-state index contributed by atoms with van der Waals surface area (Å²) in [4.78, 5) is 14.5. The molecule has 0 bridgehead atoms. The fourth-order valence-corrected chi connectivity index (χ4v) is 3.44. The molecule has 3 nitrogen and oxygen atoms in total. The lowest BCUT2D eigenvalue weighted by Crippen LogP contribution is -2.29. The summed E-state index contributed by atoms with van der Waals surface area (Å²) < 4.78 is 0. The van der Waals surface area contributed by atoms with Gasteiger partial charge in [-0.3, -0.25) is 4.79 Å². The van der Waals surface area contributed by atoms with E-state index in [0.717, 1.165) is 37.1 Å². The Balaban J connectivity index is 1.93. The zero-order chi connectivity index (χ0) is 16.2. The molecule has 1 aliphatic heterocycles. The Labute approximate surface area is 141 Å². The van der Waals surface area contributed by atoms with E-state index >= 15 is 0 Å². The molecule has 0 spiro atoms. The van der Waals surface area contributed by atoms with Crippen molar-refractivity contribution in [3.63, 3.8) is 0 Å². The molecular weight excluding hydrogens is 310 g/mol. The van der Waals surface area contributed by atoms with Gasteiger partial charge in [0.2, 0.25) is 5.91 Å². The van der Waals surface area contributed by atoms with Crippen LogP contribution in [0, 0.1) is 0 Å². The number of carbonyl (C=O) groups is 1. The quantitative estimate of drug-likeness (QED) is 0.913.